The Hall–Kier alpha value is -1.81. The highest BCUT2D eigenvalue weighted by Gasteiger charge is 2.19. The van der Waals surface area contributed by atoms with Gasteiger partial charge in [0.15, 0.2) is 5.78 Å². The van der Waals surface area contributed by atoms with Gasteiger partial charge in [-0.15, -0.1) is 11.3 Å². The number of benzene rings is 1. The fourth-order valence-corrected chi connectivity index (χ4v) is 2.51. The zero-order valence-corrected chi connectivity index (χ0v) is 11.8. The van der Waals surface area contributed by atoms with Crippen molar-refractivity contribution in [3.05, 3.63) is 57.8 Å². The summed E-state index contributed by atoms with van der Waals surface area (Å²) in [7, 11) is 0. The molecule has 0 fully saturated rings. The van der Waals surface area contributed by atoms with Crippen LogP contribution in [0.4, 0.5) is 0 Å². The van der Waals surface area contributed by atoms with Crippen LogP contribution in [0.5, 0.6) is 0 Å². The van der Waals surface area contributed by atoms with Gasteiger partial charge < -0.3 is 0 Å². The van der Waals surface area contributed by atoms with Gasteiger partial charge in [-0.3, -0.25) is 4.79 Å². The lowest BCUT2D eigenvalue weighted by atomic mass is 9.93. The number of hydrogen-bond donors (Lipinski definition) is 1. The van der Waals surface area contributed by atoms with Gasteiger partial charge >= 0.3 is 0 Å². The summed E-state index contributed by atoms with van der Waals surface area (Å²) in [6.07, 6.45) is 0.448. The summed E-state index contributed by atoms with van der Waals surface area (Å²) in [6.45, 7) is 3.75. The van der Waals surface area contributed by atoms with Crippen molar-refractivity contribution in [2.75, 3.05) is 0 Å². The first kappa shape index (κ1) is 13.6. The minimum atomic E-state index is -0.532. The fraction of sp³-hybridized carbons (Fsp3) is 0.267. The second kappa shape index (κ2) is 5.45. The number of carbonyl (C=O) groups is 1. The molecule has 2 aromatic rings. The molecule has 0 saturated heterocycles. The third kappa shape index (κ3) is 3.15. The molecule has 0 aliphatic carbocycles. The van der Waals surface area contributed by atoms with E-state index in [1.54, 1.807) is 11.3 Å². The highest BCUT2D eigenvalue weighted by Crippen LogP contribution is 2.24. The number of thiophene rings is 1. The van der Waals surface area contributed by atoms with E-state index in [9.17, 15) is 4.79 Å². The van der Waals surface area contributed by atoms with Crippen molar-refractivity contribution >= 4 is 17.1 Å². The van der Waals surface area contributed by atoms with Crippen molar-refractivity contribution in [3.63, 3.8) is 0 Å². The molecule has 0 aliphatic rings. The summed E-state index contributed by atoms with van der Waals surface area (Å²) in [5.41, 5.74) is 8.29. The van der Waals surface area contributed by atoms with Crippen molar-refractivity contribution in [3.8, 4) is 0 Å². The molecule has 0 unspecified atom stereocenters. The Bertz CT molecular complexity index is 571. The largest absolute Gasteiger partial charge is 0.294 e. The number of nitrogens with zero attached hydrogens (tertiary/aromatic N) is 1. The number of Topliss-reactive ketones (excluding diaryl/α,β-unsaturated/α-hetero) is 1. The van der Waals surface area contributed by atoms with E-state index >= 15 is 0 Å². The first-order valence-corrected chi connectivity index (χ1v) is 6.95. The van der Waals surface area contributed by atoms with Gasteiger partial charge in [-0.25, -0.2) is 5.53 Å². The summed E-state index contributed by atoms with van der Waals surface area (Å²) in [5, 5.41) is 5.57. The normalized spacial score (nSPS) is 11.3. The van der Waals surface area contributed by atoms with Crippen LogP contribution in [0.3, 0.4) is 0 Å². The predicted molar refractivity (Wildman–Crippen MR) is 77.0 cm³/mol. The van der Waals surface area contributed by atoms with Crippen LogP contribution < -0.4 is 0 Å². The molecule has 4 heteroatoms. The molecule has 98 valence electrons. The van der Waals surface area contributed by atoms with Gasteiger partial charge in [0.05, 0.1) is 0 Å². The Morgan fingerprint density at radius 1 is 1.26 bits per heavy atom. The zero-order valence-electron chi connectivity index (χ0n) is 11.0. The van der Waals surface area contributed by atoms with E-state index < -0.39 is 5.54 Å². The van der Waals surface area contributed by atoms with E-state index in [1.165, 1.54) is 0 Å². The molecule has 2 rings (SSSR count). The van der Waals surface area contributed by atoms with E-state index in [4.69, 9.17) is 5.53 Å². The predicted octanol–water partition coefficient (Wildman–Crippen LogP) is 4.44. The first-order valence-electron chi connectivity index (χ1n) is 6.07. The van der Waals surface area contributed by atoms with Crippen LogP contribution >= 0.6 is 11.3 Å². The molecule has 1 heterocycles. The molecule has 0 amide bonds. The summed E-state index contributed by atoms with van der Waals surface area (Å²) >= 11 is 1.60. The third-order valence-corrected chi connectivity index (χ3v) is 3.98. The molecule has 0 spiro atoms. The van der Waals surface area contributed by atoms with Crippen LogP contribution in [-0.2, 0) is 12.0 Å². The minimum Gasteiger partial charge on any atom is -0.294 e. The molecule has 0 saturated carbocycles. The van der Waals surface area contributed by atoms with E-state index in [-0.39, 0.29) is 5.78 Å². The molecule has 0 radical (unpaired) electrons. The summed E-state index contributed by atoms with van der Waals surface area (Å²) in [5.74, 6) is 0.120. The Morgan fingerprint density at radius 2 is 1.95 bits per heavy atom. The average Bonchev–Trinajstić information content (AvgIpc) is 2.91. The smallest absolute Gasteiger partial charge is 0.168 e. The lowest BCUT2D eigenvalue weighted by Gasteiger charge is -2.17. The third-order valence-electron chi connectivity index (χ3n) is 3.11. The second-order valence-electron chi connectivity index (χ2n) is 4.93. The molecule has 3 nitrogen and oxygen atoms in total. The van der Waals surface area contributed by atoms with Gasteiger partial charge in [0, 0.05) is 16.9 Å². The van der Waals surface area contributed by atoms with Crippen molar-refractivity contribution in [1.29, 1.82) is 5.53 Å². The number of ketones is 1. The van der Waals surface area contributed by atoms with Crippen molar-refractivity contribution in [2.45, 2.75) is 25.8 Å². The minimum absolute atomic E-state index is 0.120. The quantitative estimate of drug-likeness (QED) is 0.635. The maximum absolute atomic E-state index is 12.1. The number of hydrogen-bond acceptors (Lipinski definition) is 4. The van der Waals surface area contributed by atoms with E-state index in [2.05, 4.69) is 5.11 Å². The molecule has 0 bridgehead atoms. The maximum Gasteiger partial charge on any atom is 0.168 e. The van der Waals surface area contributed by atoms with E-state index in [1.807, 2.05) is 55.6 Å². The monoisotopic (exact) mass is 272 g/mol. The Kier molecular flexibility index (Phi) is 3.90. The van der Waals surface area contributed by atoms with Crippen LogP contribution in [0.1, 0.15) is 34.6 Å². The summed E-state index contributed by atoms with van der Waals surface area (Å²) in [4.78, 5) is 13.2. The topological polar surface area (TPSA) is 53.3 Å². The lowest BCUT2D eigenvalue weighted by molar-refractivity contribution is 0.0994. The fourth-order valence-electron chi connectivity index (χ4n) is 1.80. The van der Waals surface area contributed by atoms with Gasteiger partial charge in [-0.05, 0) is 30.9 Å². The number of carbonyl (C=O) groups excluding carboxylic acids is 1. The molecular weight excluding hydrogens is 256 g/mol. The van der Waals surface area contributed by atoms with E-state index in [0.29, 0.717) is 12.0 Å². The molecular formula is C15H16N2OS. The molecule has 1 N–H and O–H groups in total. The van der Waals surface area contributed by atoms with Crippen molar-refractivity contribution < 1.29 is 4.79 Å². The maximum atomic E-state index is 12.1. The Labute approximate surface area is 116 Å². The van der Waals surface area contributed by atoms with Crippen molar-refractivity contribution in [2.24, 2.45) is 5.11 Å². The van der Waals surface area contributed by atoms with Crippen LogP contribution in [0.15, 0.2) is 46.9 Å². The highest BCUT2D eigenvalue weighted by atomic mass is 32.1. The van der Waals surface area contributed by atoms with Gasteiger partial charge in [0.2, 0.25) is 0 Å². The van der Waals surface area contributed by atoms with Crippen molar-refractivity contribution in [1.82, 2.24) is 0 Å². The van der Waals surface area contributed by atoms with E-state index in [0.717, 1.165) is 10.4 Å². The molecule has 1 aromatic heterocycles. The second-order valence-corrected chi connectivity index (χ2v) is 5.96. The standard InChI is InChI=1S/C15H16N2OS/c1-15(2,17-16)12-7-5-11(6-8-12)14(18)10-13-4-3-9-19-13/h3-9,16H,10H2,1-2H3. The van der Waals surface area contributed by atoms with Gasteiger partial charge in [0.1, 0.15) is 5.54 Å². The van der Waals surface area contributed by atoms with Gasteiger partial charge in [0.25, 0.3) is 0 Å². The van der Waals surface area contributed by atoms with Crippen LogP contribution in [0.25, 0.3) is 0 Å². The summed E-state index contributed by atoms with van der Waals surface area (Å²) in [6, 6.07) is 11.3. The SMILES string of the molecule is CC(C)(N=N)c1ccc(C(=O)Cc2cccs2)cc1. The molecule has 0 aliphatic heterocycles. The number of rotatable bonds is 5. The first-order chi connectivity index (χ1) is 9.03. The zero-order chi connectivity index (χ0) is 13.9. The number of nitrogens with one attached hydrogen (secondary N) is 1. The lowest BCUT2D eigenvalue weighted by Crippen LogP contribution is -2.13. The molecule has 1 aromatic carbocycles. The van der Waals surface area contributed by atoms with Crippen LogP contribution in [0, 0.1) is 5.53 Å². The van der Waals surface area contributed by atoms with Gasteiger partial charge in [-0.2, -0.15) is 5.11 Å². The highest BCUT2D eigenvalue weighted by molar-refractivity contribution is 7.10. The Balaban J connectivity index is 2.14. The van der Waals surface area contributed by atoms with Crippen LogP contribution in [0.2, 0.25) is 0 Å². The molecule has 19 heavy (non-hydrogen) atoms. The Morgan fingerprint density at radius 3 is 2.47 bits per heavy atom. The average molecular weight is 272 g/mol. The van der Waals surface area contributed by atoms with Crippen LogP contribution in [-0.4, -0.2) is 5.78 Å². The molecule has 0 atom stereocenters. The van der Waals surface area contributed by atoms with Gasteiger partial charge in [-0.1, -0.05) is 30.3 Å². The summed E-state index contributed by atoms with van der Waals surface area (Å²) < 4.78 is 0.